The van der Waals surface area contributed by atoms with Crippen LogP contribution in [0.3, 0.4) is 0 Å². The second-order valence-corrected chi connectivity index (χ2v) is 11.9. The van der Waals surface area contributed by atoms with E-state index in [-0.39, 0.29) is 44.2 Å². The lowest BCUT2D eigenvalue weighted by Gasteiger charge is -2.22. The lowest BCUT2D eigenvalue weighted by atomic mass is 10.1. The molecular weight excluding hydrogens is 606 g/mol. The van der Waals surface area contributed by atoms with Crippen LogP contribution >= 0.6 is 10.9 Å². The van der Waals surface area contributed by atoms with Gasteiger partial charge in [0, 0.05) is 11.6 Å². The molecule has 3 aromatic carbocycles. The Balaban J connectivity index is 1.51. The van der Waals surface area contributed by atoms with Crippen LogP contribution in [-0.4, -0.2) is 51.6 Å². The fourth-order valence-electron chi connectivity index (χ4n) is 3.99. The Kier molecular flexibility index (Phi) is 7.56. The number of aromatic hydroxyl groups is 2. The minimum Gasteiger partial charge on any atom is -0.505 e. The van der Waals surface area contributed by atoms with Crippen LogP contribution in [0.2, 0.25) is 0 Å². The molecule has 0 bridgehead atoms. The van der Waals surface area contributed by atoms with E-state index in [1.807, 2.05) is 0 Å². The second kappa shape index (κ2) is 11.0. The molecule has 7 N–H and O–H groups in total. The van der Waals surface area contributed by atoms with Crippen LogP contribution in [0.4, 0.5) is 22.7 Å². The number of pyridine rings is 1. The van der Waals surface area contributed by atoms with Crippen LogP contribution < -0.4 is 5.56 Å². The summed E-state index contributed by atoms with van der Waals surface area (Å²) in [6, 6.07) is 11.6. The highest BCUT2D eigenvalue weighted by Gasteiger charge is 2.25. The zero-order valence-electron chi connectivity index (χ0n) is 21.8. The number of aryl methyl sites for hydroxylation is 1. The molecule has 0 radical (unpaired) electrons. The second-order valence-electron chi connectivity index (χ2n) is 8.96. The number of nitrogens with zero attached hydrogens (tertiary/aromatic N) is 6. The van der Waals surface area contributed by atoms with E-state index in [2.05, 4.69) is 30.5 Å². The summed E-state index contributed by atoms with van der Waals surface area (Å²) in [5.41, 5.74) is -0.363. The molecule has 2 heterocycles. The minimum atomic E-state index is -4.41. The lowest BCUT2D eigenvalue weighted by molar-refractivity contribution is 0.375. The Morgan fingerprint density at radius 1 is 0.860 bits per heavy atom. The molecule has 222 valence electrons. The lowest BCUT2D eigenvalue weighted by Crippen LogP contribution is -2.14. The molecule has 5 rings (SSSR count). The van der Waals surface area contributed by atoms with Gasteiger partial charge in [0.2, 0.25) is 0 Å². The molecule has 0 fully saturated rings. The van der Waals surface area contributed by atoms with Gasteiger partial charge >= 0.3 is 0 Å². The average Bonchev–Trinajstić information content (AvgIpc) is 3.23. The van der Waals surface area contributed by atoms with Gasteiger partial charge in [0.1, 0.15) is 22.2 Å². The smallest absolute Gasteiger partial charge is 0.299 e. The molecule has 0 aliphatic heterocycles. The SMILES string of the molecule is Cc1[nH]n(-c2ccc(S(=O)(=O)O)cc2)c(=O)c1N=Nc1ccc2c(O)c(N=Nc3ccncc3O)c(S(O)(O)O)cc2c1. The average molecular weight is 628 g/mol. The Labute approximate surface area is 243 Å². The number of aromatic nitrogens is 3. The number of hydrogen-bond acceptors (Lipinski definition) is 13. The third-order valence-electron chi connectivity index (χ3n) is 6.06. The standard InChI is InChI=1S/C25H21N7O9S2/c1-13-22(25(35)32(31-13)16-3-5-17(6-4-16)42(36,37)38)29-27-15-2-7-18-14(10-15)11-21(43(39,40)41)23(24(18)34)30-28-19-8-9-26-12-20(19)33/h2-12,31,33-34,39-41H,1H3,(H,36,37,38). The molecular formula is C25H21N7O9S2. The first-order chi connectivity index (χ1) is 20.2. The summed E-state index contributed by atoms with van der Waals surface area (Å²) < 4.78 is 62.9. The third kappa shape index (κ3) is 6.00. The van der Waals surface area contributed by atoms with E-state index in [9.17, 15) is 37.1 Å². The van der Waals surface area contributed by atoms with Gasteiger partial charge in [-0.3, -0.25) is 19.4 Å². The van der Waals surface area contributed by atoms with Gasteiger partial charge in [0.05, 0.1) is 33.1 Å². The van der Waals surface area contributed by atoms with Crippen molar-refractivity contribution in [3.05, 3.63) is 83.0 Å². The van der Waals surface area contributed by atoms with Gasteiger partial charge in [0.15, 0.2) is 17.2 Å². The van der Waals surface area contributed by atoms with Gasteiger partial charge in [0.25, 0.3) is 15.7 Å². The molecule has 16 nitrogen and oxygen atoms in total. The monoisotopic (exact) mass is 627 g/mol. The van der Waals surface area contributed by atoms with Crippen molar-refractivity contribution in [3.63, 3.8) is 0 Å². The first kappa shape index (κ1) is 29.5. The molecule has 0 saturated carbocycles. The summed E-state index contributed by atoms with van der Waals surface area (Å²) in [7, 11) is -8.82. The van der Waals surface area contributed by atoms with Crippen molar-refractivity contribution in [2.45, 2.75) is 16.7 Å². The number of H-pyrrole nitrogens is 1. The maximum atomic E-state index is 13.0. The first-order valence-electron chi connectivity index (χ1n) is 11.9. The quantitative estimate of drug-likeness (QED) is 0.0806. The largest absolute Gasteiger partial charge is 0.505 e. The van der Waals surface area contributed by atoms with Crippen molar-refractivity contribution in [1.29, 1.82) is 0 Å². The van der Waals surface area contributed by atoms with Crippen LogP contribution in [0.1, 0.15) is 5.69 Å². The van der Waals surface area contributed by atoms with Crippen molar-refractivity contribution in [3.8, 4) is 17.2 Å². The maximum Gasteiger partial charge on any atom is 0.299 e. The molecule has 0 saturated heterocycles. The highest BCUT2D eigenvalue weighted by Crippen LogP contribution is 2.54. The van der Waals surface area contributed by atoms with Crippen LogP contribution in [0.5, 0.6) is 11.5 Å². The molecule has 0 atom stereocenters. The highest BCUT2D eigenvalue weighted by molar-refractivity contribution is 8.19. The van der Waals surface area contributed by atoms with E-state index in [4.69, 9.17) is 4.55 Å². The van der Waals surface area contributed by atoms with Crippen LogP contribution in [0.25, 0.3) is 16.5 Å². The molecule has 18 heteroatoms. The van der Waals surface area contributed by atoms with Crippen LogP contribution in [0, 0.1) is 6.92 Å². The van der Waals surface area contributed by atoms with E-state index < -0.39 is 42.9 Å². The van der Waals surface area contributed by atoms with Crippen LogP contribution in [-0.2, 0) is 10.1 Å². The zero-order chi connectivity index (χ0) is 31.1. The van der Waals surface area contributed by atoms with Crippen molar-refractivity contribution in [1.82, 2.24) is 14.8 Å². The Morgan fingerprint density at radius 3 is 2.21 bits per heavy atom. The van der Waals surface area contributed by atoms with Gasteiger partial charge in [-0.05, 0) is 66.9 Å². The molecule has 0 aliphatic rings. The van der Waals surface area contributed by atoms with E-state index >= 15 is 0 Å². The highest BCUT2D eigenvalue weighted by atomic mass is 32.3. The summed E-state index contributed by atoms with van der Waals surface area (Å²) in [4.78, 5) is 15.8. The minimum absolute atomic E-state index is 0.0279. The van der Waals surface area contributed by atoms with Gasteiger partial charge in [-0.1, -0.05) is 0 Å². The molecule has 0 aliphatic carbocycles. The number of azo groups is 2. The van der Waals surface area contributed by atoms with Crippen LogP contribution in [0.15, 0.2) is 102 Å². The van der Waals surface area contributed by atoms with Gasteiger partial charge in [-0.2, -0.15) is 13.5 Å². The Hall–Kier alpha value is -4.98. The normalized spacial score (nSPS) is 13.0. The summed E-state index contributed by atoms with van der Waals surface area (Å²) in [6.45, 7) is 1.57. The van der Waals surface area contributed by atoms with Gasteiger partial charge in [-0.25, -0.2) is 4.68 Å². The Morgan fingerprint density at radius 2 is 1.56 bits per heavy atom. The van der Waals surface area contributed by atoms with E-state index in [0.29, 0.717) is 5.69 Å². The molecule has 0 spiro atoms. The predicted molar refractivity (Wildman–Crippen MR) is 155 cm³/mol. The molecule has 2 aromatic heterocycles. The number of rotatable bonds is 7. The number of phenolic OH excluding ortho intramolecular Hbond substituents is 1. The fourth-order valence-corrected chi connectivity index (χ4v) is 5.15. The summed E-state index contributed by atoms with van der Waals surface area (Å²) in [6.07, 6.45) is 2.44. The van der Waals surface area contributed by atoms with Crippen molar-refractivity contribution in [2.75, 3.05) is 0 Å². The maximum absolute atomic E-state index is 13.0. The fraction of sp³-hybridized carbons (Fsp3) is 0.0400. The van der Waals surface area contributed by atoms with Crippen molar-refractivity contribution >= 4 is 54.5 Å². The number of nitrogens with one attached hydrogen (secondary N) is 1. The summed E-state index contributed by atoms with van der Waals surface area (Å²) >= 11 is 0. The van der Waals surface area contributed by atoms with E-state index in [0.717, 1.165) is 29.1 Å². The number of benzene rings is 3. The molecule has 0 unspecified atom stereocenters. The molecule has 43 heavy (non-hydrogen) atoms. The molecule has 5 aromatic rings. The number of aromatic amines is 1. The van der Waals surface area contributed by atoms with E-state index in [1.165, 1.54) is 42.6 Å². The summed E-state index contributed by atoms with van der Waals surface area (Å²) in [5, 5.41) is 39.6. The van der Waals surface area contributed by atoms with Gasteiger partial charge < -0.3 is 23.9 Å². The topological polar surface area (TPSA) is 256 Å². The Bertz CT molecular complexity index is 2100. The first-order valence-corrected chi connectivity index (χ1v) is 14.8. The number of hydrogen-bond donors (Lipinski definition) is 7. The molecule has 0 amide bonds. The zero-order valence-corrected chi connectivity index (χ0v) is 23.4. The summed E-state index contributed by atoms with van der Waals surface area (Å²) in [5.74, 6) is -0.871. The van der Waals surface area contributed by atoms with E-state index in [1.54, 1.807) is 6.92 Å². The van der Waals surface area contributed by atoms with Crippen molar-refractivity contribution in [2.24, 2.45) is 20.5 Å². The van der Waals surface area contributed by atoms with Crippen molar-refractivity contribution < 1.29 is 36.8 Å². The third-order valence-corrected chi connectivity index (χ3v) is 7.83. The predicted octanol–water partition coefficient (Wildman–Crippen LogP) is 6.09. The number of phenols is 1. The number of fused-ring (bicyclic) bond motifs is 1. The van der Waals surface area contributed by atoms with Gasteiger partial charge in [-0.15, -0.1) is 15.3 Å².